The van der Waals surface area contributed by atoms with Gasteiger partial charge in [-0.1, -0.05) is 53.8 Å². The predicted molar refractivity (Wildman–Crippen MR) is 134 cm³/mol. The second-order valence-electron chi connectivity index (χ2n) is 7.61. The van der Waals surface area contributed by atoms with Crippen LogP contribution in [-0.2, 0) is 10.0 Å². The third-order valence-electron chi connectivity index (χ3n) is 5.12. The Balaban J connectivity index is 1.45. The van der Waals surface area contributed by atoms with Gasteiger partial charge in [0.05, 0.1) is 11.9 Å². The molecular weight excluding hydrogens is 487 g/mol. The van der Waals surface area contributed by atoms with Crippen LogP contribution in [0.25, 0.3) is 10.6 Å². The average molecular weight is 507 g/mol. The Hall–Kier alpha value is -4.09. The summed E-state index contributed by atoms with van der Waals surface area (Å²) in [6.07, 6.45) is 1.59. The van der Waals surface area contributed by atoms with Crippen molar-refractivity contribution in [2.45, 2.75) is 11.8 Å². The molecule has 11 heteroatoms. The summed E-state index contributed by atoms with van der Waals surface area (Å²) in [6, 6.07) is 22.6. The van der Waals surface area contributed by atoms with E-state index in [1.165, 1.54) is 18.2 Å². The lowest BCUT2D eigenvalue weighted by Gasteiger charge is -2.24. The van der Waals surface area contributed by atoms with Gasteiger partial charge in [0.15, 0.2) is 0 Å². The van der Waals surface area contributed by atoms with Gasteiger partial charge in [0.1, 0.15) is 21.5 Å². The standard InChI is InChI=1S/C24H19FN6O2S2/c1-16-6-5-9-18(14-16)31(22-12-13-26-27-22)19-10-11-21(20(25)15-19)35(32,33)30-24-29-28-23(34-24)17-7-3-2-4-8-17/h2-15H,1H3,(H,26,27)(H,29,30). The van der Waals surface area contributed by atoms with E-state index in [0.717, 1.165) is 28.2 Å². The van der Waals surface area contributed by atoms with E-state index in [0.29, 0.717) is 16.5 Å². The topological polar surface area (TPSA) is 104 Å². The number of rotatable bonds is 7. The van der Waals surface area contributed by atoms with Crippen molar-refractivity contribution in [2.24, 2.45) is 0 Å². The first-order valence-corrected chi connectivity index (χ1v) is 12.8. The molecule has 0 atom stereocenters. The smallest absolute Gasteiger partial charge is 0.266 e. The van der Waals surface area contributed by atoms with Crippen molar-refractivity contribution in [3.05, 3.63) is 96.4 Å². The summed E-state index contributed by atoms with van der Waals surface area (Å²) < 4.78 is 43.4. The van der Waals surface area contributed by atoms with Crippen LogP contribution in [0.3, 0.4) is 0 Å². The number of anilines is 4. The van der Waals surface area contributed by atoms with Crippen LogP contribution in [0.15, 0.2) is 90.0 Å². The molecule has 2 heterocycles. The molecule has 0 fully saturated rings. The summed E-state index contributed by atoms with van der Waals surface area (Å²) in [7, 11) is -4.24. The molecule has 3 aromatic carbocycles. The molecule has 176 valence electrons. The van der Waals surface area contributed by atoms with Crippen LogP contribution in [0.2, 0.25) is 0 Å². The summed E-state index contributed by atoms with van der Waals surface area (Å²) in [5.41, 5.74) is 3.02. The molecule has 5 aromatic rings. The normalized spacial score (nSPS) is 11.4. The van der Waals surface area contributed by atoms with Crippen LogP contribution >= 0.6 is 11.3 Å². The molecule has 0 aliphatic carbocycles. The van der Waals surface area contributed by atoms with Crippen LogP contribution in [0.1, 0.15) is 5.56 Å². The van der Waals surface area contributed by atoms with Crippen molar-refractivity contribution in [1.29, 1.82) is 0 Å². The van der Waals surface area contributed by atoms with Gasteiger partial charge in [0.2, 0.25) is 5.13 Å². The van der Waals surface area contributed by atoms with Crippen molar-refractivity contribution in [2.75, 3.05) is 9.62 Å². The van der Waals surface area contributed by atoms with Crippen LogP contribution in [0, 0.1) is 12.7 Å². The number of H-pyrrole nitrogens is 1. The van der Waals surface area contributed by atoms with Crippen molar-refractivity contribution in [1.82, 2.24) is 20.4 Å². The number of hydrogen-bond acceptors (Lipinski definition) is 7. The zero-order valence-electron chi connectivity index (χ0n) is 18.4. The number of aryl methyl sites for hydroxylation is 1. The molecule has 5 rings (SSSR count). The lowest BCUT2D eigenvalue weighted by Crippen LogP contribution is -2.16. The minimum atomic E-state index is -4.24. The summed E-state index contributed by atoms with van der Waals surface area (Å²) in [5.74, 6) is -0.300. The van der Waals surface area contributed by atoms with Gasteiger partial charge in [0.25, 0.3) is 10.0 Å². The van der Waals surface area contributed by atoms with Crippen LogP contribution in [-0.4, -0.2) is 28.8 Å². The summed E-state index contributed by atoms with van der Waals surface area (Å²) in [5, 5.41) is 15.4. The Morgan fingerprint density at radius 3 is 2.46 bits per heavy atom. The fourth-order valence-corrected chi connectivity index (χ4v) is 5.59. The molecule has 2 N–H and O–H groups in total. The Bertz CT molecular complexity index is 1570. The largest absolute Gasteiger partial charge is 0.295 e. The molecule has 8 nitrogen and oxygen atoms in total. The second kappa shape index (κ2) is 9.28. The fourth-order valence-electron chi connectivity index (χ4n) is 3.55. The second-order valence-corrected chi connectivity index (χ2v) is 10.2. The number of sulfonamides is 1. The highest BCUT2D eigenvalue weighted by molar-refractivity contribution is 7.93. The lowest BCUT2D eigenvalue weighted by molar-refractivity contribution is 0.570. The Morgan fingerprint density at radius 1 is 0.943 bits per heavy atom. The van der Waals surface area contributed by atoms with E-state index in [9.17, 15) is 8.42 Å². The number of aromatic amines is 1. The third kappa shape index (κ3) is 4.77. The summed E-state index contributed by atoms with van der Waals surface area (Å²) >= 11 is 1.06. The minimum Gasteiger partial charge on any atom is -0.295 e. The zero-order chi connectivity index (χ0) is 24.4. The molecule has 35 heavy (non-hydrogen) atoms. The molecular formula is C24H19FN6O2S2. The number of halogens is 1. The summed E-state index contributed by atoms with van der Waals surface area (Å²) in [6.45, 7) is 1.95. The SMILES string of the molecule is Cc1cccc(N(c2ccc(S(=O)(=O)Nc3nnc(-c4ccccc4)s3)c(F)c2)c2ccn[nH]2)c1. The van der Waals surface area contributed by atoms with Gasteiger partial charge >= 0.3 is 0 Å². The van der Waals surface area contributed by atoms with Crippen LogP contribution in [0.4, 0.5) is 26.7 Å². The maximum Gasteiger partial charge on any atom is 0.266 e. The Labute approximate surface area is 205 Å². The maximum absolute atomic E-state index is 15.2. The first-order chi connectivity index (χ1) is 16.9. The van der Waals surface area contributed by atoms with Gasteiger partial charge < -0.3 is 0 Å². The van der Waals surface area contributed by atoms with Crippen molar-refractivity contribution >= 4 is 43.7 Å². The van der Waals surface area contributed by atoms with Crippen molar-refractivity contribution in [3.8, 4) is 10.6 Å². The van der Waals surface area contributed by atoms with Crippen molar-refractivity contribution in [3.63, 3.8) is 0 Å². The van der Waals surface area contributed by atoms with Gasteiger partial charge in [-0.05, 0) is 42.8 Å². The Morgan fingerprint density at radius 2 is 1.74 bits per heavy atom. The molecule has 0 bridgehead atoms. The molecule has 0 aliphatic heterocycles. The first kappa shape index (κ1) is 22.7. The fraction of sp³-hybridized carbons (Fsp3) is 0.0417. The Kier molecular flexibility index (Phi) is 6.01. The van der Waals surface area contributed by atoms with Gasteiger partial charge in [-0.3, -0.25) is 14.7 Å². The monoisotopic (exact) mass is 506 g/mol. The van der Waals surface area contributed by atoms with Gasteiger partial charge in [-0.15, -0.1) is 10.2 Å². The highest BCUT2D eigenvalue weighted by Gasteiger charge is 2.23. The highest BCUT2D eigenvalue weighted by Crippen LogP contribution is 2.35. The minimum absolute atomic E-state index is 0.0474. The maximum atomic E-state index is 15.2. The van der Waals surface area contributed by atoms with E-state index in [1.807, 2.05) is 61.5 Å². The molecule has 0 radical (unpaired) electrons. The molecule has 0 saturated carbocycles. The van der Waals surface area contributed by atoms with E-state index >= 15 is 4.39 Å². The molecule has 0 aliphatic rings. The molecule has 0 spiro atoms. The molecule has 0 unspecified atom stereocenters. The third-order valence-corrected chi connectivity index (χ3v) is 7.51. The van der Waals surface area contributed by atoms with Crippen LogP contribution < -0.4 is 9.62 Å². The molecule has 0 saturated heterocycles. The first-order valence-electron chi connectivity index (χ1n) is 10.5. The molecule has 2 aromatic heterocycles. The lowest BCUT2D eigenvalue weighted by atomic mass is 10.2. The van der Waals surface area contributed by atoms with Crippen molar-refractivity contribution < 1.29 is 12.8 Å². The number of nitrogens with one attached hydrogen (secondary N) is 2. The number of aromatic nitrogens is 4. The van der Waals surface area contributed by atoms with E-state index in [1.54, 1.807) is 17.2 Å². The van der Waals surface area contributed by atoms with E-state index in [2.05, 4.69) is 25.1 Å². The number of hydrogen-bond donors (Lipinski definition) is 2. The number of nitrogens with zero attached hydrogens (tertiary/aromatic N) is 4. The quantitative estimate of drug-likeness (QED) is 0.296. The average Bonchev–Trinajstić information content (AvgIpc) is 3.52. The van der Waals surface area contributed by atoms with E-state index in [-0.39, 0.29) is 5.13 Å². The zero-order valence-corrected chi connectivity index (χ0v) is 20.0. The van der Waals surface area contributed by atoms with E-state index in [4.69, 9.17) is 0 Å². The predicted octanol–water partition coefficient (Wildman–Crippen LogP) is 5.65. The van der Waals surface area contributed by atoms with Crippen LogP contribution in [0.5, 0.6) is 0 Å². The van der Waals surface area contributed by atoms with Gasteiger partial charge in [0, 0.05) is 17.3 Å². The van der Waals surface area contributed by atoms with Gasteiger partial charge in [-0.2, -0.15) is 5.10 Å². The van der Waals surface area contributed by atoms with E-state index < -0.39 is 20.7 Å². The summed E-state index contributed by atoms with van der Waals surface area (Å²) in [4.78, 5) is 1.26. The van der Waals surface area contributed by atoms with Gasteiger partial charge in [-0.25, -0.2) is 12.8 Å². The molecule has 0 amide bonds. The number of benzene rings is 3. The highest BCUT2D eigenvalue weighted by atomic mass is 32.2.